The van der Waals surface area contributed by atoms with E-state index in [1.165, 1.54) is 11.8 Å². The number of hydrogen-bond acceptors (Lipinski definition) is 4. The fourth-order valence-corrected chi connectivity index (χ4v) is 1.86. The fourth-order valence-electron chi connectivity index (χ4n) is 0.900. The van der Waals surface area contributed by atoms with Gasteiger partial charge in [0.25, 0.3) is 0 Å². The number of thiophene rings is 2. The average Bonchev–Trinajstić information content (AvgIpc) is 3.04. The summed E-state index contributed by atoms with van der Waals surface area (Å²) >= 11 is 3.14. The molecule has 2 aromatic heterocycles. The van der Waals surface area contributed by atoms with Gasteiger partial charge in [0, 0.05) is 29.0 Å². The molecular formula is C14H12O2S2. The minimum absolute atomic E-state index is 0.185. The molecule has 0 atom stereocenters. The Kier molecular flexibility index (Phi) is 7.61. The Labute approximate surface area is 115 Å². The van der Waals surface area contributed by atoms with Crippen LogP contribution in [0.2, 0.25) is 0 Å². The van der Waals surface area contributed by atoms with E-state index in [-0.39, 0.29) is 12.6 Å². The van der Waals surface area contributed by atoms with Crippen LogP contribution in [0.1, 0.15) is 11.8 Å². The van der Waals surface area contributed by atoms with Gasteiger partial charge in [-0.2, -0.15) is 0 Å². The highest BCUT2D eigenvalue weighted by molar-refractivity contribution is 7.09. The molecule has 0 spiro atoms. The van der Waals surface area contributed by atoms with Gasteiger partial charge in [-0.1, -0.05) is 17.9 Å². The van der Waals surface area contributed by atoms with Gasteiger partial charge in [0.05, 0.1) is 0 Å². The van der Waals surface area contributed by atoms with E-state index in [2.05, 4.69) is 27.3 Å². The molecule has 0 unspecified atom stereocenters. The molecule has 0 saturated carbocycles. The second-order valence-corrected chi connectivity index (χ2v) is 4.77. The van der Waals surface area contributed by atoms with E-state index in [1.54, 1.807) is 22.7 Å². The Morgan fingerprint density at radius 1 is 1.39 bits per heavy atom. The first-order valence-corrected chi connectivity index (χ1v) is 6.92. The molecule has 2 radical (unpaired) electrons. The van der Waals surface area contributed by atoms with Crippen LogP contribution in [0.3, 0.4) is 0 Å². The summed E-state index contributed by atoms with van der Waals surface area (Å²) in [7, 11) is 0. The van der Waals surface area contributed by atoms with Gasteiger partial charge in [-0.05, 0) is 23.6 Å². The summed E-state index contributed by atoms with van der Waals surface area (Å²) < 4.78 is 4.64. The summed E-state index contributed by atoms with van der Waals surface area (Å²) in [6.07, 6.45) is 0.704. The molecule has 2 aromatic rings. The third-order valence-electron chi connectivity index (χ3n) is 1.64. The Hall–Kier alpha value is -1.57. The molecule has 0 amide bonds. The number of esters is 1. The van der Waals surface area contributed by atoms with Crippen molar-refractivity contribution in [1.82, 2.24) is 0 Å². The zero-order chi connectivity index (χ0) is 13.1. The Balaban J connectivity index is 0.000000269. The molecule has 0 N–H and O–H groups in total. The van der Waals surface area contributed by atoms with Crippen LogP contribution in [0.5, 0.6) is 0 Å². The highest BCUT2D eigenvalue weighted by atomic mass is 32.1. The van der Waals surface area contributed by atoms with Crippen LogP contribution in [0, 0.1) is 22.6 Å². The summed E-state index contributed by atoms with van der Waals surface area (Å²) in [5.74, 6) is 5.37. The lowest BCUT2D eigenvalue weighted by molar-refractivity contribution is -0.139. The summed E-state index contributed by atoms with van der Waals surface area (Å²) in [6, 6.07) is 7.70. The maximum Gasteiger partial charge on any atom is 0.303 e. The number of carbonyl (C=O) groups excluding carboxylic acids is 1. The van der Waals surface area contributed by atoms with Crippen molar-refractivity contribution in [1.29, 1.82) is 0 Å². The molecule has 92 valence electrons. The molecule has 0 bridgehead atoms. The van der Waals surface area contributed by atoms with Crippen LogP contribution in [0.15, 0.2) is 29.6 Å². The molecule has 2 nitrogen and oxygen atoms in total. The molecule has 4 heteroatoms. The Morgan fingerprint density at radius 3 is 2.78 bits per heavy atom. The first-order chi connectivity index (χ1) is 8.79. The van der Waals surface area contributed by atoms with Gasteiger partial charge in [0.1, 0.15) is 0 Å². The van der Waals surface area contributed by atoms with Crippen LogP contribution in [-0.2, 0) is 16.0 Å². The largest absolute Gasteiger partial charge is 0.453 e. The van der Waals surface area contributed by atoms with Crippen LogP contribution < -0.4 is 0 Å². The highest BCUT2D eigenvalue weighted by Crippen LogP contribution is 2.06. The van der Waals surface area contributed by atoms with E-state index < -0.39 is 0 Å². The van der Waals surface area contributed by atoms with Crippen molar-refractivity contribution >= 4 is 28.6 Å². The molecule has 2 heterocycles. The van der Waals surface area contributed by atoms with Crippen molar-refractivity contribution in [2.75, 3.05) is 6.61 Å². The standard InChI is InChI=1S/C10H9O2S.C4H3S/c1-9(11)12-7-3-2-5-10-6-4-8-13-10;1-2-4-5-3-1/h4,6H,5,7H2,1H3;1-3H. The van der Waals surface area contributed by atoms with E-state index in [1.807, 2.05) is 29.6 Å². The summed E-state index contributed by atoms with van der Waals surface area (Å²) in [6.45, 7) is 1.56. The molecule has 18 heavy (non-hydrogen) atoms. The first kappa shape index (κ1) is 14.5. The molecule has 0 aliphatic heterocycles. The smallest absolute Gasteiger partial charge is 0.303 e. The predicted octanol–water partition coefficient (Wildman–Crippen LogP) is 3.21. The van der Waals surface area contributed by atoms with Crippen LogP contribution in [0.4, 0.5) is 0 Å². The molecule has 0 saturated heterocycles. The second-order valence-electron chi connectivity index (χ2n) is 3.06. The molecule has 2 rings (SSSR count). The van der Waals surface area contributed by atoms with Gasteiger partial charge in [0.2, 0.25) is 0 Å². The van der Waals surface area contributed by atoms with Gasteiger partial charge in [0.15, 0.2) is 6.61 Å². The van der Waals surface area contributed by atoms with Gasteiger partial charge < -0.3 is 4.74 Å². The lowest BCUT2D eigenvalue weighted by atomic mass is 10.3. The van der Waals surface area contributed by atoms with Gasteiger partial charge >= 0.3 is 5.97 Å². The number of ether oxygens (including phenoxy) is 1. The summed E-state index contributed by atoms with van der Waals surface area (Å²) in [5.41, 5.74) is 0. The molecule has 0 aliphatic rings. The predicted molar refractivity (Wildman–Crippen MR) is 74.4 cm³/mol. The van der Waals surface area contributed by atoms with Crippen LogP contribution in [-0.4, -0.2) is 12.6 Å². The lowest BCUT2D eigenvalue weighted by Crippen LogP contribution is -1.97. The third kappa shape index (κ3) is 7.66. The minimum Gasteiger partial charge on any atom is -0.453 e. The molecule has 0 fully saturated rings. The van der Waals surface area contributed by atoms with Gasteiger partial charge in [-0.25, -0.2) is 0 Å². The van der Waals surface area contributed by atoms with E-state index in [0.29, 0.717) is 6.42 Å². The molecule has 0 aliphatic carbocycles. The minimum atomic E-state index is -0.293. The van der Waals surface area contributed by atoms with E-state index >= 15 is 0 Å². The highest BCUT2D eigenvalue weighted by Gasteiger charge is 1.89. The molecular weight excluding hydrogens is 264 g/mol. The topological polar surface area (TPSA) is 26.3 Å². The van der Waals surface area contributed by atoms with Crippen molar-refractivity contribution in [3.8, 4) is 11.8 Å². The van der Waals surface area contributed by atoms with Crippen LogP contribution >= 0.6 is 22.7 Å². The maximum atomic E-state index is 10.3. The van der Waals surface area contributed by atoms with Crippen LogP contribution in [0.25, 0.3) is 0 Å². The SMILES string of the molecule is CC(=O)OCC#CCc1cc[c]s1.[c]1cccs1. The van der Waals surface area contributed by atoms with Crippen molar-refractivity contribution in [3.63, 3.8) is 0 Å². The maximum absolute atomic E-state index is 10.3. The monoisotopic (exact) mass is 276 g/mol. The fraction of sp³-hybridized carbons (Fsp3) is 0.214. The quantitative estimate of drug-likeness (QED) is 0.622. The second kappa shape index (κ2) is 9.46. The average molecular weight is 276 g/mol. The summed E-state index contributed by atoms with van der Waals surface area (Å²) in [4.78, 5) is 11.5. The van der Waals surface area contributed by atoms with E-state index in [4.69, 9.17) is 0 Å². The van der Waals surface area contributed by atoms with Crippen molar-refractivity contribution in [3.05, 3.63) is 45.3 Å². The zero-order valence-electron chi connectivity index (χ0n) is 9.93. The summed E-state index contributed by atoms with van der Waals surface area (Å²) in [5, 5.41) is 7.87. The van der Waals surface area contributed by atoms with Crippen molar-refractivity contribution in [2.45, 2.75) is 13.3 Å². The normalized spacial score (nSPS) is 8.50. The molecule has 0 aromatic carbocycles. The number of hydrogen-bond donors (Lipinski definition) is 0. The Bertz CT molecular complexity index is 458. The number of rotatable bonds is 2. The first-order valence-electron chi connectivity index (χ1n) is 5.22. The van der Waals surface area contributed by atoms with Crippen molar-refractivity contribution in [2.24, 2.45) is 0 Å². The van der Waals surface area contributed by atoms with E-state index in [0.717, 1.165) is 0 Å². The Morgan fingerprint density at radius 2 is 2.28 bits per heavy atom. The van der Waals surface area contributed by atoms with Gasteiger partial charge in [-0.15, -0.1) is 22.7 Å². The van der Waals surface area contributed by atoms with Gasteiger partial charge in [-0.3, -0.25) is 4.79 Å². The zero-order valence-corrected chi connectivity index (χ0v) is 11.6. The van der Waals surface area contributed by atoms with E-state index in [9.17, 15) is 4.79 Å². The van der Waals surface area contributed by atoms with Crippen molar-refractivity contribution < 1.29 is 9.53 Å². The number of carbonyl (C=O) groups is 1. The third-order valence-corrected chi connectivity index (χ3v) is 3.00. The lowest BCUT2D eigenvalue weighted by Gasteiger charge is -1.90.